The number of anilines is 2. The van der Waals surface area contributed by atoms with Crippen LogP contribution in [0.2, 0.25) is 0 Å². The van der Waals surface area contributed by atoms with Crippen molar-refractivity contribution in [1.29, 1.82) is 0 Å². The number of ether oxygens (including phenoxy) is 2. The number of halogens is 1. The van der Waals surface area contributed by atoms with Gasteiger partial charge in [-0.25, -0.2) is 4.39 Å². The van der Waals surface area contributed by atoms with Crippen LogP contribution in [0, 0.1) is 11.2 Å². The van der Waals surface area contributed by atoms with Gasteiger partial charge in [0.25, 0.3) is 0 Å². The van der Waals surface area contributed by atoms with Crippen LogP contribution >= 0.6 is 0 Å². The van der Waals surface area contributed by atoms with Crippen molar-refractivity contribution in [2.24, 2.45) is 5.41 Å². The number of nitrogens with zero attached hydrogens (tertiary/aromatic N) is 4. The van der Waals surface area contributed by atoms with Crippen molar-refractivity contribution in [2.75, 3.05) is 56.2 Å². The molecule has 0 N–H and O–H groups in total. The van der Waals surface area contributed by atoms with Gasteiger partial charge in [-0.05, 0) is 91.0 Å². The number of hydrogen-bond donors (Lipinski definition) is 0. The number of hydrogen-bond acceptors (Lipinski definition) is 6. The van der Waals surface area contributed by atoms with E-state index in [0.717, 1.165) is 57.5 Å². The van der Waals surface area contributed by atoms with E-state index in [-0.39, 0.29) is 17.3 Å². The minimum atomic E-state index is -0.423. The second-order valence-corrected chi connectivity index (χ2v) is 12.9. The van der Waals surface area contributed by atoms with Crippen molar-refractivity contribution in [3.05, 3.63) is 24.0 Å². The Labute approximate surface area is 228 Å². The topological polar surface area (TPSA) is 48.5 Å². The maximum Gasteiger partial charge on any atom is 0.233 e. The fourth-order valence-electron chi connectivity index (χ4n) is 7.07. The van der Waals surface area contributed by atoms with Gasteiger partial charge < -0.3 is 19.3 Å². The van der Waals surface area contributed by atoms with Crippen molar-refractivity contribution >= 4 is 17.3 Å². The van der Waals surface area contributed by atoms with Gasteiger partial charge in [-0.2, -0.15) is 0 Å². The Kier molecular flexibility index (Phi) is 8.07. The first-order valence-corrected chi connectivity index (χ1v) is 14.7. The van der Waals surface area contributed by atoms with Crippen LogP contribution in [0.1, 0.15) is 72.6 Å². The molecule has 4 fully saturated rings. The lowest BCUT2D eigenvalue weighted by molar-refractivity contribution is -0.258. The van der Waals surface area contributed by atoms with E-state index in [0.29, 0.717) is 24.3 Å². The molecule has 4 heterocycles. The summed E-state index contributed by atoms with van der Waals surface area (Å²) in [5, 5.41) is 0. The zero-order valence-corrected chi connectivity index (χ0v) is 24.0. The van der Waals surface area contributed by atoms with Crippen molar-refractivity contribution in [3.8, 4) is 0 Å². The number of carbonyl (C=O) groups excluding carboxylic acids is 1. The first-order chi connectivity index (χ1) is 18.1. The van der Waals surface area contributed by atoms with Gasteiger partial charge in [0.05, 0.1) is 16.7 Å². The van der Waals surface area contributed by atoms with Crippen LogP contribution in [0.5, 0.6) is 0 Å². The van der Waals surface area contributed by atoms with E-state index in [4.69, 9.17) is 9.47 Å². The zero-order valence-electron chi connectivity index (χ0n) is 24.0. The molecular formula is C30H47FN4O3. The zero-order chi connectivity index (χ0) is 27.1. The number of rotatable bonds is 6. The maximum atomic E-state index is 15.5. The summed E-state index contributed by atoms with van der Waals surface area (Å²) in [7, 11) is 1.66. The lowest BCUT2D eigenvalue weighted by atomic mass is 9.77. The van der Waals surface area contributed by atoms with Crippen LogP contribution < -0.4 is 9.80 Å². The van der Waals surface area contributed by atoms with E-state index >= 15 is 4.39 Å². The molecule has 0 radical (unpaired) electrons. The third-order valence-electron chi connectivity index (χ3n) is 9.30. The molecule has 1 aromatic rings. The molecule has 0 aliphatic carbocycles. The molecule has 7 nitrogen and oxygen atoms in total. The molecule has 38 heavy (non-hydrogen) atoms. The van der Waals surface area contributed by atoms with Gasteiger partial charge in [0, 0.05) is 57.6 Å². The van der Waals surface area contributed by atoms with Crippen LogP contribution in [0.15, 0.2) is 18.2 Å². The minimum absolute atomic E-state index is 0.0647. The summed E-state index contributed by atoms with van der Waals surface area (Å²) in [6, 6.07) is 6.66. The predicted octanol–water partition coefficient (Wildman–Crippen LogP) is 4.84. The molecule has 3 atom stereocenters. The summed E-state index contributed by atoms with van der Waals surface area (Å²) in [6.07, 6.45) is 6.83. The van der Waals surface area contributed by atoms with Gasteiger partial charge in [-0.3, -0.25) is 14.6 Å². The minimum Gasteiger partial charge on any atom is -0.370 e. The van der Waals surface area contributed by atoms with E-state index in [9.17, 15) is 4.79 Å². The number of methoxy groups -OCH3 is 1. The molecular weight excluding hydrogens is 483 g/mol. The third-order valence-corrected chi connectivity index (χ3v) is 9.30. The molecule has 0 aromatic heterocycles. The van der Waals surface area contributed by atoms with Gasteiger partial charge in [0.15, 0.2) is 0 Å². The Morgan fingerprint density at radius 2 is 1.76 bits per heavy atom. The highest BCUT2D eigenvalue weighted by Crippen LogP contribution is 2.44. The molecule has 0 bridgehead atoms. The monoisotopic (exact) mass is 530 g/mol. The molecule has 1 aromatic carbocycles. The Morgan fingerprint density at radius 1 is 1.03 bits per heavy atom. The quantitative estimate of drug-likeness (QED) is 0.491. The lowest BCUT2D eigenvalue weighted by Crippen LogP contribution is -2.51. The van der Waals surface area contributed by atoms with Gasteiger partial charge in [-0.1, -0.05) is 6.42 Å². The lowest BCUT2D eigenvalue weighted by Gasteiger charge is -2.42. The van der Waals surface area contributed by atoms with Crippen molar-refractivity contribution in [1.82, 2.24) is 9.80 Å². The van der Waals surface area contributed by atoms with Gasteiger partial charge in [-0.15, -0.1) is 0 Å². The van der Waals surface area contributed by atoms with E-state index in [1.165, 1.54) is 25.8 Å². The highest BCUT2D eigenvalue weighted by Gasteiger charge is 2.50. The van der Waals surface area contributed by atoms with Crippen LogP contribution in [0.25, 0.3) is 0 Å². The third kappa shape index (κ3) is 5.60. The summed E-state index contributed by atoms with van der Waals surface area (Å²) in [5.74, 6) is -0.229. The summed E-state index contributed by atoms with van der Waals surface area (Å²) in [5.41, 5.74) is 0.609. The number of amides is 1. The number of likely N-dealkylation sites (tertiary alicyclic amines) is 2. The average molecular weight is 531 g/mol. The smallest absolute Gasteiger partial charge is 0.233 e. The molecule has 1 spiro atoms. The first kappa shape index (κ1) is 27.8. The van der Waals surface area contributed by atoms with Crippen LogP contribution in [0.4, 0.5) is 15.8 Å². The van der Waals surface area contributed by atoms with Crippen LogP contribution in [-0.4, -0.2) is 86.2 Å². The normalized spacial score (nSPS) is 28.0. The largest absolute Gasteiger partial charge is 0.370 e. The fourth-order valence-corrected chi connectivity index (χ4v) is 7.07. The molecule has 3 unspecified atom stereocenters. The Balaban J connectivity index is 1.21. The molecule has 8 heteroatoms. The van der Waals surface area contributed by atoms with Gasteiger partial charge in [0.2, 0.25) is 12.3 Å². The number of carbonyl (C=O) groups is 1. The Bertz CT molecular complexity index is 990. The molecule has 4 aliphatic heterocycles. The van der Waals surface area contributed by atoms with Crippen molar-refractivity contribution in [3.63, 3.8) is 0 Å². The average Bonchev–Trinajstić information content (AvgIpc) is 3.49. The van der Waals surface area contributed by atoms with Crippen molar-refractivity contribution < 1.29 is 18.7 Å². The molecule has 0 saturated carbocycles. The summed E-state index contributed by atoms with van der Waals surface area (Å²) >= 11 is 0. The van der Waals surface area contributed by atoms with E-state index in [1.807, 2.05) is 32.9 Å². The molecule has 212 valence electrons. The predicted molar refractivity (Wildman–Crippen MR) is 149 cm³/mol. The highest BCUT2D eigenvalue weighted by atomic mass is 19.1. The second kappa shape index (κ2) is 11.0. The molecule has 4 aliphatic rings. The molecule has 5 rings (SSSR count). The number of piperidine rings is 2. The summed E-state index contributed by atoms with van der Waals surface area (Å²) in [6.45, 7) is 13.5. The summed E-state index contributed by atoms with van der Waals surface area (Å²) < 4.78 is 27.2. The Hall–Kier alpha value is -1.74. The van der Waals surface area contributed by atoms with Crippen molar-refractivity contribution in [2.45, 2.75) is 96.7 Å². The van der Waals surface area contributed by atoms with E-state index in [1.54, 1.807) is 18.1 Å². The van der Waals surface area contributed by atoms with Gasteiger partial charge >= 0.3 is 0 Å². The first-order valence-electron chi connectivity index (χ1n) is 14.7. The maximum absolute atomic E-state index is 15.5. The molecule has 1 amide bonds. The highest BCUT2D eigenvalue weighted by molar-refractivity contribution is 6.00. The fraction of sp³-hybridized carbons (Fsp3) is 0.767. The summed E-state index contributed by atoms with van der Waals surface area (Å²) in [4.78, 5) is 22.5. The van der Waals surface area contributed by atoms with Crippen LogP contribution in [0.3, 0.4) is 0 Å². The van der Waals surface area contributed by atoms with E-state index in [2.05, 4.69) is 21.6 Å². The van der Waals surface area contributed by atoms with E-state index < -0.39 is 11.8 Å². The van der Waals surface area contributed by atoms with Crippen LogP contribution in [-0.2, 0) is 14.3 Å². The Morgan fingerprint density at radius 3 is 2.42 bits per heavy atom. The van der Waals surface area contributed by atoms with Gasteiger partial charge in [0.1, 0.15) is 5.82 Å². The molecule has 4 saturated heterocycles. The standard InChI is InChI=1S/C30H47FN4O3/c1-22-8-6-7-15-34(22)24-11-16-33(21-24)23-9-10-26(25(31)20-23)35-19-14-30(27(35)36)12-17-32(18-13-30)28(37-5)38-29(2,3)4/h9-10,20,22,24,28H,6-8,11-19,21H2,1-5H3. The SMILES string of the molecule is COC(OC(C)(C)C)N1CCC2(CCN(c3ccc(N4CCC(N5CCCCC5C)C4)cc3F)C2=O)CC1. The second-order valence-electron chi connectivity index (χ2n) is 12.9. The number of benzene rings is 1.